The smallest absolute Gasteiger partial charge is 0.110 e. The fraction of sp³-hybridized carbons (Fsp3) is 0.462. The predicted octanol–water partition coefficient (Wildman–Crippen LogP) is 2.33. The molecule has 1 aliphatic rings. The zero-order chi connectivity index (χ0) is 11.0. The summed E-state index contributed by atoms with van der Waals surface area (Å²) < 4.78 is 0. The highest BCUT2D eigenvalue weighted by Gasteiger charge is 2.22. The van der Waals surface area contributed by atoms with Crippen molar-refractivity contribution >= 4 is 11.0 Å². The lowest BCUT2D eigenvalue weighted by Crippen LogP contribution is -2.10. The first-order valence-electron chi connectivity index (χ1n) is 6.05. The van der Waals surface area contributed by atoms with Crippen molar-refractivity contribution in [3.8, 4) is 0 Å². The summed E-state index contributed by atoms with van der Waals surface area (Å²) in [6.45, 7) is 0.703. The molecule has 0 spiro atoms. The molecule has 3 rings (SSSR count). The Bertz CT molecular complexity index is 497. The Labute approximate surface area is 95.1 Å². The van der Waals surface area contributed by atoms with Gasteiger partial charge in [0.25, 0.3) is 0 Å². The van der Waals surface area contributed by atoms with Crippen molar-refractivity contribution in [2.24, 2.45) is 5.73 Å². The summed E-state index contributed by atoms with van der Waals surface area (Å²) in [7, 11) is 0. The molecule has 1 heterocycles. The fourth-order valence-corrected chi connectivity index (χ4v) is 2.27. The standard InChI is InChI=1S/C13H17N3/c14-7-6-9-4-5-11-12(8-9)16-13(15-11)10-2-1-3-10/h4-5,8,10H,1-3,6-7,14H2,(H,15,16). The first-order chi connectivity index (χ1) is 7.86. The minimum Gasteiger partial charge on any atom is -0.342 e. The normalized spacial score (nSPS) is 16.6. The minimum atomic E-state index is 0.672. The minimum absolute atomic E-state index is 0.672. The molecule has 1 aliphatic carbocycles. The first kappa shape index (κ1) is 9.85. The molecule has 3 nitrogen and oxygen atoms in total. The number of rotatable bonds is 3. The molecule has 0 aliphatic heterocycles. The van der Waals surface area contributed by atoms with Crippen molar-refractivity contribution in [1.29, 1.82) is 0 Å². The summed E-state index contributed by atoms with van der Waals surface area (Å²) in [6.07, 6.45) is 4.86. The van der Waals surface area contributed by atoms with Crippen LogP contribution in [0.1, 0.15) is 36.6 Å². The molecule has 1 aromatic heterocycles. The number of aromatic amines is 1. The van der Waals surface area contributed by atoms with E-state index >= 15 is 0 Å². The largest absolute Gasteiger partial charge is 0.342 e. The molecular weight excluding hydrogens is 198 g/mol. The quantitative estimate of drug-likeness (QED) is 0.825. The van der Waals surface area contributed by atoms with E-state index < -0.39 is 0 Å². The summed E-state index contributed by atoms with van der Waals surface area (Å²) in [6, 6.07) is 6.40. The molecule has 0 amide bonds. The van der Waals surface area contributed by atoms with Gasteiger partial charge in [0.2, 0.25) is 0 Å². The van der Waals surface area contributed by atoms with Gasteiger partial charge in [-0.2, -0.15) is 0 Å². The van der Waals surface area contributed by atoms with Gasteiger partial charge in [-0.1, -0.05) is 12.5 Å². The number of imidazole rings is 1. The van der Waals surface area contributed by atoms with Crippen molar-refractivity contribution in [3.05, 3.63) is 29.6 Å². The van der Waals surface area contributed by atoms with E-state index in [9.17, 15) is 0 Å². The Balaban J connectivity index is 1.96. The second kappa shape index (κ2) is 3.91. The topological polar surface area (TPSA) is 54.7 Å². The highest BCUT2D eigenvalue weighted by atomic mass is 14.9. The van der Waals surface area contributed by atoms with Gasteiger partial charge in [0.05, 0.1) is 11.0 Å². The van der Waals surface area contributed by atoms with E-state index in [2.05, 4.69) is 28.2 Å². The van der Waals surface area contributed by atoms with Crippen LogP contribution in [0.4, 0.5) is 0 Å². The van der Waals surface area contributed by atoms with Crippen LogP contribution in [0.5, 0.6) is 0 Å². The summed E-state index contributed by atoms with van der Waals surface area (Å²) in [5.74, 6) is 1.84. The maximum atomic E-state index is 5.56. The lowest BCUT2D eigenvalue weighted by molar-refractivity contribution is 0.405. The van der Waals surface area contributed by atoms with Crippen LogP contribution in [0.15, 0.2) is 18.2 Å². The van der Waals surface area contributed by atoms with Crippen molar-refractivity contribution in [3.63, 3.8) is 0 Å². The number of nitrogens with one attached hydrogen (secondary N) is 1. The van der Waals surface area contributed by atoms with E-state index in [0.717, 1.165) is 17.5 Å². The molecule has 0 atom stereocenters. The van der Waals surface area contributed by atoms with E-state index in [1.54, 1.807) is 0 Å². The number of H-pyrrole nitrogens is 1. The highest BCUT2D eigenvalue weighted by molar-refractivity contribution is 5.76. The second-order valence-corrected chi connectivity index (χ2v) is 4.64. The van der Waals surface area contributed by atoms with Gasteiger partial charge in [0.15, 0.2) is 0 Å². The molecule has 84 valence electrons. The van der Waals surface area contributed by atoms with Gasteiger partial charge in [0.1, 0.15) is 5.82 Å². The molecule has 1 fully saturated rings. The average molecular weight is 215 g/mol. The number of nitrogens with two attached hydrogens (primary N) is 1. The van der Waals surface area contributed by atoms with Gasteiger partial charge < -0.3 is 10.7 Å². The van der Waals surface area contributed by atoms with E-state index in [1.165, 1.54) is 30.7 Å². The third-order valence-electron chi connectivity index (χ3n) is 3.49. The predicted molar refractivity (Wildman–Crippen MR) is 65.4 cm³/mol. The molecule has 3 heteroatoms. The molecule has 2 aromatic rings. The van der Waals surface area contributed by atoms with Crippen LogP contribution >= 0.6 is 0 Å². The number of aromatic nitrogens is 2. The van der Waals surface area contributed by atoms with Crippen LogP contribution in [0.3, 0.4) is 0 Å². The highest BCUT2D eigenvalue weighted by Crippen LogP contribution is 2.35. The zero-order valence-corrected chi connectivity index (χ0v) is 9.37. The Hall–Kier alpha value is -1.35. The summed E-state index contributed by atoms with van der Waals surface area (Å²) in [4.78, 5) is 8.09. The van der Waals surface area contributed by atoms with E-state index in [0.29, 0.717) is 12.5 Å². The maximum absolute atomic E-state index is 5.56. The van der Waals surface area contributed by atoms with E-state index in [1.807, 2.05) is 0 Å². The van der Waals surface area contributed by atoms with Crippen LogP contribution < -0.4 is 5.73 Å². The molecule has 0 radical (unpaired) electrons. The van der Waals surface area contributed by atoms with Crippen LogP contribution in [0.2, 0.25) is 0 Å². The van der Waals surface area contributed by atoms with Gasteiger partial charge in [0, 0.05) is 5.92 Å². The third-order valence-corrected chi connectivity index (χ3v) is 3.49. The molecule has 16 heavy (non-hydrogen) atoms. The van der Waals surface area contributed by atoms with E-state index in [-0.39, 0.29) is 0 Å². The number of fused-ring (bicyclic) bond motifs is 1. The molecular formula is C13H17N3. The number of benzene rings is 1. The van der Waals surface area contributed by atoms with Crippen LogP contribution in [0, 0.1) is 0 Å². The fourth-order valence-electron chi connectivity index (χ4n) is 2.27. The van der Waals surface area contributed by atoms with Crippen LogP contribution in [-0.4, -0.2) is 16.5 Å². The Morgan fingerprint density at radius 3 is 2.94 bits per heavy atom. The molecule has 1 aromatic carbocycles. The van der Waals surface area contributed by atoms with Crippen molar-refractivity contribution in [2.45, 2.75) is 31.6 Å². The Morgan fingerprint density at radius 1 is 1.38 bits per heavy atom. The summed E-state index contributed by atoms with van der Waals surface area (Å²) >= 11 is 0. The molecule has 0 unspecified atom stereocenters. The SMILES string of the molecule is NCCc1ccc2nc(C3CCC3)[nH]c2c1. The Morgan fingerprint density at radius 2 is 2.25 bits per heavy atom. The second-order valence-electron chi connectivity index (χ2n) is 4.64. The number of hydrogen-bond donors (Lipinski definition) is 2. The van der Waals surface area contributed by atoms with Gasteiger partial charge >= 0.3 is 0 Å². The van der Waals surface area contributed by atoms with Crippen LogP contribution in [-0.2, 0) is 6.42 Å². The third kappa shape index (κ3) is 1.61. The van der Waals surface area contributed by atoms with Gasteiger partial charge in [-0.05, 0) is 43.5 Å². The van der Waals surface area contributed by atoms with Crippen molar-refractivity contribution in [2.75, 3.05) is 6.54 Å². The monoisotopic (exact) mass is 215 g/mol. The molecule has 1 saturated carbocycles. The Kier molecular flexibility index (Phi) is 2.40. The molecule has 0 saturated heterocycles. The molecule has 3 N–H and O–H groups in total. The zero-order valence-electron chi connectivity index (χ0n) is 9.37. The van der Waals surface area contributed by atoms with Crippen LogP contribution in [0.25, 0.3) is 11.0 Å². The average Bonchev–Trinajstić information content (AvgIpc) is 2.57. The summed E-state index contributed by atoms with van der Waals surface area (Å²) in [5, 5.41) is 0. The number of nitrogens with zero attached hydrogens (tertiary/aromatic N) is 1. The lowest BCUT2D eigenvalue weighted by Gasteiger charge is -2.22. The van der Waals surface area contributed by atoms with Crippen molar-refractivity contribution in [1.82, 2.24) is 9.97 Å². The van der Waals surface area contributed by atoms with Crippen molar-refractivity contribution < 1.29 is 0 Å². The van der Waals surface area contributed by atoms with Gasteiger partial charge in [-0.25, -0.2) is 4.98 Å². The van der Waals surface area contributed by atoms with Gasteiger partial charge in [-0.3, -0.25) is 0 Å². The molecule has 0 bridgehead atoms. The van der Waals surface area contributed by atoms with E-state index in [4.69, 9.17) is 5.73 Å². The number of hydrogen-bond acceptors (Lipinski definition) is 2. The van der Waals surface area contributed by atoms with Gasteiger partial charge in [-0.15, -0.1) is 0 Å². The summed E-state index contributed by atoms with van der Waals surface area (Å²) in [5.41, 5.74) is 9.10. The maximum Gasteiger partial charge on any atom is 0.110 e. The first-order valence-corrected chi connectivity index (χ1v) is 6.05. The lowest BCUT2D eigenvalue weighted by atomic mass is 9.85.